The van der Waals surface area contributed by atoms with Gasteiger partial charge in [-0.1, -0.05) is 23.7 Å². The number of hydrogen-bond acceptors (Lipinski definition) is 5. The molecular formula is C18H15ClFN3OS. The number of methoxy groups -OCH3 is 1. The Morgan fingerprint density at radius 3 is 2.96 bits per heavy atom. The molecule has 2 aromatic carbocycles. The molecule has 0 aromatic heterocycles. The van der Waals surface area contributed by atoms with E-state index in [1.165, 1.54) is 18.0 Å². The number of rotatable bonds is 5. The Bertz CT molecular complexity index is 866. The summed E-state index contributed by atoms with van der Waals surface area (Å²) in [5.74, 6) is 0.186. The van der Waals surface area contributed by atoms with Gasteiger partial charge in [-0.2, -0.15) is 5.26 Å². The highest BCUT2D eigenvalue weighted by Gasteiger charge is 2.22. The van der Waals surface area contributed by atoms with Gasteiger partial charge < -0.3 is 14.8 Å². The molecular weight excluding hydrogens is 361 g/mol. The van der Waals surface area contributed by atoms with E-state index in [2.05, 4.69) is 10.0 Å². The van der Waals surface area contributed by atoms with E-state index in [4.69, 9.17) is 21.6 Å². The average Bonchev–Trinajstić information content (AvgIpc) is 3.09. The predicted molar refractivity (Wildman–Crippen MR) is 98.9 cm³/mol. The molecule has 2 N–H and O–H groups in total. The Kier molecular flexibility index (Phi) is 5.37. The molecule has 3 rings (SSSR count). The minimum atomic E-state index is -0.453. The first kappa shape index (κ1) is 17.5. The fraction of sp³-hybridized carbons (Fsp3) is 0.167. The van der Waals surface area contributed by atoms with Crippen LogP contribution in [0.4, 0.5) is 10.1 Å². The monoisotopic (exact) mass is 375 g/mol. The second-order valence-corrected chi connectivity index (χ2v) is 6.72. The third kappa shape index (κ3) is 3.84. The summed E-state index contributed by atoms with van der Waals surface area (Å²) in [6.45, 7) is 0. The molecule has 128 valence electrons. The summed E-state index contributed by atoms with van der Waals surface area (Å²) in [6.07, 6.45) is 2.61. The number of nitrogens with one attached hydrogen (secondary N) is 2. The average molecular weight is 376 g/mol. The third-order valence-corrected chi connectivity index (χ3v) is 5.10. The number of anilines is 1. The molecule has 0 fully saturated rings. The molecule has 4 nitrogen and oxygen atoms in total. The van der Waals surface area contributed by atoms with Gasteiger partial charge >= 0.3 is 0 Å². The van der Waals surface area contributed by atoms with Crippen molar-refractivity contribution in [2.24, 2.45) is 0 Å². The van der Waals surface area contributed by atoms with Gasteiger partial charge in [0, 0.05) is 17.5 Å². The summed E-state index contributed by atoms with van der Waals surface area (Å²) >= 11 is 7.70. The molecule has 0 saturated carbocycles. The van der Waals surface area contributed by atoms with Gasteiger partial charge in [-0.15, -0.1) is 0 Å². The zero-order chi connectivity index (χ0) is 17.8. The molecule has 0 aliphatic carbocycles. The Labute approximate surface area is 154 Å². The van der Waals surface area contributed by atoms with E-state index in [-0.39, 0.29) is 6.04 Å². The first-order valence-corrected chi connectivity index (χ1v) is 8.72. The lowest BCUT2D eigenvalue weighted by molar-refractivity contribution is 0.414. The van der Waals surface area contributed by atoms with Crippen molar-refractivity contribution >= 4 is 29.2 Å². The van der Waals surface area contributed by atoms with Crippen LogP contribution in [0.5, 0.6) is 5.75 Å². The number of ether oxygens (including phenoxy) is 1. The lowest BCUT2D eigenvalue weighted by atomic mass is 10.1. The maximum atomic E-state index is 13.9. The lowest BCUT2D eigenvalue weighted by Crippen LogP contribution is -2.10. The molecule has 1 heterocycles. The molecule has 2 aromatic rings. The number of hydrogen-bond donors (Lipinski definition) is 2. The number of benzene rings is 2. The molecule has 1 aliphatic rings. The van der Waals surface area contributed by atoms with Crippen molar-refractivity contribution in [3.63, 3.8) is 0 Å². The molecule has 1 aliphatic heterocycles. The highest BCUT2D eigenvalue weighted by atomic mass is 35.5. The van der Waals surface area contributed by atoms with Gasteiger partial charge in [-0.25, -0.2) is 4.39 Å². The Balaban J connectivity index is 1.63. The van der Waals surface area contributed by atoms with Gasteiger partial charge in [0.15, 0.2) is 0 Å². The fourth-order valence-corrected chi connectivity index (χ4v) is 3.64. The summed E-state index contributed by atoms with van der Waals surface area (Å²) in [7, 11) is 1.59. The molecule has 25 heavy (non-hydrogen) atoms. The van der Waals surface area contributed by atoms with Gasteiger partial charge in [-0.05, 0) is 41.8 Å². The summed E-state index contributed by atoms with van der Waals surface area (Å²) < 4.78 is 22.1. The molecule has 0 radical (unpaired) electrons. The van der Waals surface area contributed by atoms with Crippen LogP contribution >= 0.6 is 23.5 Å². The first-order valence-electron chi connectivity index (χ1n) is 7.52. The molecule has 0 amide bonds. The largest absolute Gasteiger partial charge is 0.495 e. The third-order valence-electron chi connectivity index (χ3n) is 3.83. The normalized spacial score (nSPS) is 15.9. The SMILES string of the molecule is COc1cccc(C2CC(SNc3ccc(C#N)cc3F)=CN2)c1Cl. The summed E-state index contributed by atoms with van der Waals surface area (Å²) in [6, 6.07) is 12.0. The van der Waals surface area contributed by atoms with Crippen LogP contribution in [0.25, 0.3) is 0 Å². The first-order chi connectivity index (χ1) is 12.1. The molecule has 1 atom stereocenters. The lowest BCUT2D eigenvalue weighted by Gasteiger charge is -2.15. The van der Waals surface area contributed by atoms with Crippen LogP contribution in [0.3, 0.4) is 0 Å². The van der Waals surface area contributed by atoms with Gasteiger partial charge in [0.1, 0.15) is 11.6 Å². The molecule has 0 saturated heterocycles. The van der Waals surface area contributed by atoms with Crippen molar-refractivity contribution in [2.75, 3.05) is 11.8 Å². The number of nitrogens with zero attached hydrogens (tertiary/aromatic N) is 1. The van der Waals surface area contributed by atoms with Gasteiger partial charge in [-0.3, -0.25) is 0 Å². The number of halogens is 2. The maximum Gasteiger partial charge on any atom is 0.148 e. The van der Waals surface area contributed by atoms with Crippen LogP contribution in [-0.2, 0) is 0 Å². The summed E-state index contributed by atoms with van der Waals surface area (Å²) in [4.78, 5) is 1.02. The van der Waals surface area contributed by atoms with Crippen LogP contribution in [0, 0.1) is 17.1 Å². The van der Waals surface area contributed by atoms with Crippen LogP contribution < -0.4 is 14.8 Å². The second kappa shape index (κ2) is 7.68. The van der Waals surface area contributed by atoms with Gasteiger partial charge in [0.2, 0.25) is 0 Å². The molecule has 0 bridgehead atoms. The van der Waals surface area contributed by atoms with E-state index in [1.54, 1.807) is 19.2 Å². The summed E-state index contributed by atoms with van der Waals surface area (Å²) in [5.41, 5.74) is 1.59. The Morgan fingerprint density at radius 2 is 2.24 bits per heavy atom. The van der Waals surface area contributed by atoms with Gasteiger partial charge in [0.05, 0.1) is 35.5 Å². The quantitative estimate of drug-likeness (QED) is 0.720. The van der Waals surface area contributed by atoms with Crippen molar-refractivity contribution in [3.05, 3.63) is 69.5 Å². The number of nitriles is 1. The Hall–Kier alpha value is -2.36. The van der Waals surface area contributed by atoms with Crippen LogP contribution in [0.2, 0.25) is 5.02 Å². The topological polar surface area (TPSA) is 57.1 Å². The van der Waals surface area contributed by atoms with Crippen LogP contribution in [0.1, 0.15) is 23.6 Å². The van der Waals surface area contributed by atoms with E-state index in [0.29, 0.717) is 22.0 Å². The Morgan fingerprint density at radius 1 is 1.40 bits per heavy atom. The minimum absolute atomic E-state index is 0.0395. The highest BCUT2D eigenvalue weighted by Crippen LogP contribution is 2.39. The standard InChI is InChI=1S/C18H15ClFN3OS/c1-24-17-4-2-3-13(18(17)19)16-8-12(10-22-16)25-23-15-6-5-11(9-21)7-14(15)20/h2-7,10,16,22-23H,8H2,1H3. The van der Waals surface area contributed by atoms with Crippen molar-refractivity contribution in [2.45, 2.75) is 12.5 Å². The highest BCUT2D eigenvalue weighted by molar-refractivity contribution is 8.04. The zero-order valence-electron chi connectivity index (χ0n) is 13.3. The zero-order valence-corrected chi connectivity index (χ0v) is 14.9. The van der Waals surface area contributed by atoms with Crippen molar-refractivity contribution < 1.29 is 9.13 Å². The summed E-state index contributed by atoms with van der Waals surface area (Å²) in [5, 5.41) is 12.6. The predicted octanol–water partition coefficient (Wildman–Crippen LogP) is 5.00. The fourth-order valence-electron chi connectivity index (χ4n) is 2.53. The van der Waals surface area contributed by atoms with E-state index in [1.807, 2.05) is 30.5 Å². The van der Waals surface area contributed by atoms with Crippen molar-refractivity contribution in [1.82, 2.24) is 5.32 Å². The smallest absolute Gasteiger partial charge is 0.148 e. The minimum Gasteiger partial charge on any atom is -0.495 e. The molecule has 7 heteroatoms. The maximum absolute atomic E-state index is 13.9. The van der Waals surface area contributed by atoms with E-state index in [0.717, 1.165) is 16.9 Å². The molecule has 1 unspecified atom stereocenters. The van der Waals surface area contributed by atoms with Crippen LogP contribution in [0.15, 0.2) is 47.5 Å². The van der Waals surface area contributed by atoms with E-state index in [9.17, 15) is 4.39 Å². The molecule has 0 spiro atoms. The van der Waals surface area contributed by atoms with Crippen LogP contribution in [-0.4, -0.2) is 7.11 Å². The second-order valence-electron chi connectivity index (χ2n) is 5.41. The van der Waals surface area contributed by atoms with Crippen molar-refractivity contribution in [1.29, 1.82) is 5.26 Å². The van der Waals surface area contributed by atoms with E-state index < -0.39 is 5.82 Å². The van der Waals surface area contributed by atoms with E-state index >= 15 is 0 Å². The van der Waals surface area contributed by atoms with Crippen molar-refractivity contribution in [3.8, 4) is 11.8 Å². The van der Waals surface area contributed by atoms with Gasteiger partial charge in [0.25, 0.3) is 0 Å².